The summed E-state index contributed by atoms with van der Waals surface area (Å²) in [5.74, 6) is 0. The first kappa shape index (κ1) is 14.8. The Morgan fingerprint density at radius 3 is 1.89 bits per heavy atom. The van der Waals surface area contributed by atoms with Gasteiger partial charge in [-0.2, -0.15) is 12.7 Å². The van der Waals surface area contributed by atoms with Gasteiger partial charge >= 0.3 is 10.2 Å². The van der Waals surface area contributed by atoms with E-state index in [1.54, 1.807) is 24.3 Å². The topological polar surface area (TPSA) is 66.6 Å². The summed E-state index contributed by atoms with van der Waals surface area (Å²) in [7, 11) is -3.45. The van der Waals surface area contributed by atoms with Gasteiger partial charge < -0.3 is 5.73 Å². The summed E-state index contributed by atoms with van der Waals surface area (Å²) in [6.45, 7) is 6.80. The molecule has 0 bridgehead atoms. The third-order valence-electron chi connectivity index (χ3n) is 2.78. The molecule has 0 aliphatic carbocycles. The quantitative estimate of drug-likeness (QED) is 0.801. The summed E-state index contributed by atoms with van der Waals surface area (Å²) in [5.41, 5.74) is 6.87. The molecule has 0 saturated heterocycles. The molecule has 18 heavy (non-hydrogen) atoms. The van der Waals surface area contributed by atoms with Crippen LogP contribution >= 0.6 is 0 Å². The van der Waals surface area contributed by atoms with Gasteiger partial charge in [-0.15, -0.1) is 0 Å². The van der Waals surface area contributed by atoms with Crippen molar-refractivity contribution in [3.05, 3.63) is 24.3 Å². The van der Waals surface area contributed by atoms with E-state index in [-0.39, 0.29) is 0 Å². The van der Waals surface area contributed by atoms with Crippen molar-refractivity contribution in [1.29, 1.82) is 0 Å². The van der Waals surface area contributed by atoms with Crippen LogP contribution < -0.4 is 10.0 Å². The van der Waals surface area contributed by atoms with Gasteiger partial charge in [-0.1, -0.05) is 13.8 Å². The number of rotatable bonds is 6. The zero-order chi connectivity index (χ0) is 13.8. The molecule has 0 aromatic heterocycles. The Morgan fingerprint density at radius 1 is 1.00 bits per heavy atom. The van der Waals surface area contributed by atoms with E-state index in [9.17, 15) is 8.42 Å². The van der Waals surface area contributed by atoms with Gasteiger partial charge in [-0.3, -0.25) is 4.31 Å². The lowest BCUT2D eigenvalue weighted by atomic mass is 10.3. The van der Waals surface area contributed by atoms with Crippen LogP contribution in [0.2, 0.25) is 0 Å². The minimum Gasteiger partial charge on any atom is -0.399 e. The van der Waals surface area contributed by atoms with Crippen LogP contribution in [-0.4, -0.2) is 32.4 Å². The molecule has 0 atom stereocenters. The Bertz CT molecular complexity index is 467. The maximum absolute atomic E-state index is 12.4. The van der Waals surface area contributed by atoms with Crippen molar-refractivity contribution >= 4 is 21.6 Å². The molecule has 102 valence electrons. The summed E-state index contributed by atoms with van der Waals surface area (Å²) >= 11 is 0. The average Bonchev–Trinajstić information content (AvgIpc) is 2.33. The summed E-state index contributed by atoms with van der Waals surface area (Å²) in [5, 5.41) is 0. The van der Waals surface area contributed by atoms with E-state index < -0.39 is 10.2 Å². The number of anilines is 2. The minimum absolute atomic E-state index is 0.392. The molecular weight excluding hydrogens is 250 g/mol. The van der Waals surface area contributed by atoms with Crippen molar-refractivity contribution in [2.24, 2.45) is 0 Å². The molecule has 1 rings (SSSR count). The van der Waals surface area contributed by atoms with Crippen molar-refractivity contribution in [3.8, 4) is 0 Å². The van der Waals surface area contributed by atoms with Crippen LogP contribution in [0.5, 0.6) is 0 Å². The second-order valence-electron chi connectivity index (χ2n) is 3.85. The SMILES string of the molecule is CCN(CC)S(=O)(=O)N(CC)c1ccc(N)cc1. The fourth-order valence-electron chi connectivity index (χ4n) is 1.81. The molecule has 0 heterocycles. The molecule has 0 amide bonds. The van der Waals surface area contributed by atoms with E-state index in [4.69, 9.17) is 5.73 Å². The molecule has 1 aromatic carbocycles. The van der Waals surface area contributed by atoms with Crippen molar-refractivity contribution < 1.29 is 8.42 Å². The van der Waals surface area contributed by atoms with Gasteiger partial charge in [0.1, 0.15) is 0 Å². The zero-order valence-corrected chi connectivity index (χ0v) is 11.9. The molecule has 0 aliphatic heterocycles. The second-order valence-corrected chi connectivity index (χ2v) is 5.70. The lowest BCUT2D eigenvalue weighted by Crippen LogP contribution is -2.43. The van der Waals surface area contributed by atoms with E-state index in [2.05, 4.69) is 0 Å². The molecule has 0 spiro atoms. The van der Waals surface area contributed by atoms with Gasteiger partial charge in [0.2, 0.25) is 0 Å². The van der Waals surface area contributed by atoms with Gasteiger partial charge in [-0.05, 0) is 31.2 Å². The number of nitrogens with zero attached hydrogens (tertiary/aromatic N) is 2. The first-order chi connectivity index (χ1) is 8.47. The first-order valence-electron chi connectivity index (χ1n) is 6.10. The van der Waals surface area contributed by atoms with E-state index >= 15 is 0 Å². The highest BCUT2D eigenvalue weighted by molar-refractivity contribution is 7.90. The number of hydrogen-bond acceptors (Lipinski definition) is 3. The lowest BCUT2D eigenvalue weighted by molar-refractivity contribution is 0.442. The predicted molar refractivity (Wildman–Crippen MR) is 75.7 cm³/mol. The van der Waals surface area contributed by atoms with Gasteiger partial charge in [0, 0.05) is 25.3 Å². The van der Waals surface area contributed by atoms with E-state index in [1.165, 1.54) is 8.61 Å². The highest BCUT2D eigenvalue weighted by Crippen LogP contribution is 2.21. The third-order valence-corrected chi connectivity index (χ3v) is 4.97. The van der Waals surface area contributed by atoms with Crippen LogP contribution in [0.15, 0.2) is 24.3 Å². The van der Waals surface area contributed by atoms with Crippen molar-refractivity contribution in [3.63, 3.8) is 0 Å². The highest BCUT2D eigenvalue weighted by Gasteiger charge is 2.26. The average molecular weight is 271 g/mol. The van der Waals surface area contributed by atoms with Crippen molar-refractivity contribution in [2.45, 2.75) is 20.8 Å². The van der Waals surface area contributed by atoms with Crippen LogP contribution in [0, 0.1) is 0 Å². The fraction of sp³-hybridized carbons (Fsp3) is 0.500. The summed E-state index contributed by atoms with van der Waals surface area (Å²) in [6.07, 6.45) is 0. The predicted octanol–water partition coefficient (Wildman–Crippen LogP) is 1.68. The molecule has 0 fully saturated rings. The van der Waals surface area contributed by atoms with Crippen molar-refractivity contribution in [1.82, 2.24) is 4.31 Å². The monoisotopic (exact) mass is 271 g/mol. The normalized spacial score (nSPS) is 11.8. The summed E-state index contributed by atoms with van der Waals surface area (Å²) in [6, 6.07) is 6.85. The van der Waals surface area contributed by atoms with Crippen LogP contribution in [-0.2, 0) is 10.2 Å². The van der Waals surface area contributed by atoms with Crippen LogP contribution in [0.4, 0.5) is 11.4 Å². The number of hydrogen-bond donors (Lipinski definition) is 1. The van der Waals surface area contributed by atoms with E-state index in [0.29, 0.717) is 31.0 Å². The Kier molecular flexibility index (Phi) is 4.98. The molecule has 0 radical (unpaired) electrons. The first-order valence-corrected chi connectivity index (χ1v) is 7.50. The number of nitrogen functional groups attached to an aromatic ring is 1. The standard InChI is InChI=1S/C12H21N3O2S/c1-4-14(5-2)18(16,17)15(6-3)12-9-7-11(13)8-10-12/h7-10H,4-6,13H2,1-3H3. The van der Waals surface area contributed by atoms with E-state index in [0.717, 1.165) is 0 Å². The van der Waals surface area contributed by atoms with Gasteiger partial charge in [0.15, 0.2) is 0 Å². The maximum Gasteiger partial charge on any atom is 0.304 e. The number of nitrogens with two attached hydrogens (primary N) is 1. The molecule has 0 aliphatic rings. The molecule has 5 nitrogen and oxygen atoms in total. The Morgan fingerprint density at radius 2 is 1.50 bits per heavy atom. The number of benzene rings is 1. The smallest absolute Gasteiger partial charge is 0.304 e. The Hall–Kier alpha value is -1.27. The molecule has 1 aromatic rings. The Balaban J connectivity index is 3.13. The summed E-state index contributed by atoms with van der Waals surface area (Å²) in [4.78, 5) is 0. The van der Waals surface area contributed by atoms with Crippen LogP contribution in [0.1, 0.15) is 20.8 Å². The molecule has 0 saturated carbocycles. The molecular formula is C12H21N3O2S. The van der Waals surface area contributed by atoms with E-state index in [1.807, 2.05) is 20.8 Å². The molecule has 2 N–H and O–H groups in total. The fourth-order valence-corrected chi connectivity index (χ4v) is 3.45. The van der Waals surface area contributed by atoms with Crippen LogP contribution in [0.3, 0.4) is 0 Å². The van der Waals surface area contributed by atoms with Crippen molar-refractivity contribution in [2.75, 3.05) is 29.7 Å². The lowest BCUT2D eigenvalue weighted by Gasteiger charge is -2.29. The second kappa shape index (κ2) is 6.06. The minimum atomic E-state index is -3.45. The Labute approximate surface area is 109 Å². The van der Waals surface area contributed by atoms with Gasteiger partial charge in [-0.25, -0.2) is 0 Å². The largest absolute Gasteiger partial charge is 0.399 e. The summed E-state index contributed by atoms with van der Waals surface area (Å²) < 4.78 is 27.7. The van der Waals surface area contributed by atoms with Gasteiger partial charge in [0.25, 0.3) is 0 Å². The third kappa shape index (κ3) is 2.94. The maximum atomic E-state index is 12.4. The van der Waals surface area contributed by atoms with Crippen LogP contribution in [0.25, 0.3) is 0 Å². The highest BCUT2D eigenvalue weighted by atomic mass is 32.2. The molecule has 6 heteroatoms. The zero-order valence-electron chi connectivity index (χ0n) is 11.1. The van der Waals surface area contributed by atoms with Gasteiger partial charge in [0.05, 0.1) is 5.69 Å². The molecule has 0 unspecified atom stereocenters.